The first-order valence-corrected chi connectivity index (χ1v) is 7.13. The molecule has 8 heteroatoms. The van der Waals surface area contributed by atoms with Crippen molar-refractivity contribution < 1.29 is 17.9 Å². The summed E-state index contributed by atoms with van der Waals surface area (Å²) in [5.74, 6) is 0.921. The SMILES string of the molecule is Cc1cnc(C(C)NS(=O)(=O)c2c[nH]c(CO)c2)o1. The molecule has 7 nitrogen and oxygen atoms in total. The van der Waals surface area contributed by atoms with Gasteiger partial charge in [-0.15, -0.1) is 0 Å². The van der Waals surface area contributed by atoms with Gasteiger partial charge < -0.3 is 14.5 Å². The van der Waals surface area contributed by atoms with Crippen LogP contribution in [0.1, 0.15) is 30.3 Å². The highest BCUT2D eigenvalue weighted by molar-refractivity contribution is 7.89. The molecule has 2 aromatic rings. The second-order valence-electron chi connectivity index (χ2n) is 4.17. The van der Waals surface area contributed by atoms with Crippen molar-refractivity contribution in [3.8, 4) is 0 Å². The minimum Gasteiger partial charge on any atom is -0.444 e. The Morgan fingerprint density at radius 1 is 1.58 bits per heavy atom. The monoisotopic (exact) mass is 285 g/mol. The molecule has 0 bridgehead atoms. The van der Waals surface area contributed by atoms with Crippen LogP contribution < -0.4 is 4.72 Å². The molecule has 3 N–H and O–H groups in total. The van der Waals surface area contributed by atoms with E-state index in [0.29, 0.717) is 17.3 Å². The summed E-state index contributed by atoms with van der Waals surface area (Å²) in [6, 6.07) is 0.793. The van der Waals surface area contributed by atoms with Crippen LogP contribution in [0, 0.1) is 6.92 Å². The Morgan fingerprint density at radius 2 is 2.32 bits per heavy atom. The summed E-state index contributed by atoms with van der Waals surface area (Å²) in [6.45, 7) is 3.13. The van der Waals surface area contributed by atoms with Gasteiger partial charge in [-0.3, -0.25) is 0 Å². The third-order valence-electron chi connectivity index (χ3n) is 2.54. The van der Waals surface area contributed by atoms with Crippen LogP contribution in [0.3, 0.4) is 0 Å². The Balaban J connectivity index is 2.17. The molecule has 0 saturated carbocycles. The lowest BCUT2D eigenvalue weighted by molar-refractivity contribution is 0.277. The minimum atomic E-state index is -3.68. The van der Waals surface area contributed by atoms with Gasteiger partial charge in [-0.1, -0.05) is 0 Å². The van der Waals surface area contributed by atoms with Crippen molar-refractivity contribution in [3.63, 3.8) is 0 Å². The molecule has 2 aromatic heterocycles. The number of H-pyrrole nitrogens is 1. The normalized spacial score (nSPS) is 13.6. The maximum atomic E-state index is 12.1. The van der Waals surface area contributed by atoms with E-state index in [0.717, 1.165) is 0 Å². The van der Waals surface area contributed by atoms with Gasteiger partial charge in [0.05, 0.1) is 23.7 Å². The average Bonchev–Trinajstić information content (AvgIpc) is 2.96. The van der Waals surface area contributed by atoms with Crippen LogP contribution in [-0.2, 0) is 16.6 Å². The highest BCUT2D eigenvalue weighted by Crippen LogP contribution is 2.17. The van der Waals surface area contributed by atoms with Crippen LogP contribution in [0.25, 0.3) is 0 Å². The number of rotatable bonds is 5. The fourth-order valence-electron chi connectivity index (χ4n) is 1.59. The summed E-state index contributed by atoms with van der Waals surface area (Å²) in [5, 5.41) is 8.91. The first-order valence-electron chi connectivity index (χ1n) is 5.65. The molecule has 0 radical (unpaired) electrons. The molecule has 0 fully saturated rings. The summed E-state index contributed by atoms with van der Waals surface area (Å²) < 4.78 is 31.9. The van der Waals surface area contributed by atoms with Crippen LogP contribution in [0.15, 0.2) is 27.8 Å². The average molecular weight is 285 g/mol. The quantitative estimate of drug-likeness (QED) is 0.754. The first-order chi connectivity index (χ1) is 8.92. The molecule has 19 heavy (non-hydrogen) atoms. The summed E-state index contributed by atoms with van der Waals surface area (Å²) in [6.07, 6.45) is 2.85. The third-order valence-corrected chi connectivity index (χ3v) is 4.06. The zero-order chi connectivity index (χ0) is 14.0. The Hall–Kier alpha value is -1.64. The number of aromatic nitrogens is 2. The number of nitrogens with zero attached hydrogens (tertiary/aromatic N) is 1. The van der Waals surface area contributed by atoms with Gasteiger partial charge in [0.2, 0.25) is 15.9 Å². The molecule has 2 rings (SSSR count). The smallest absolute Gasteiger partial charge is 0.242 e. The van der Waals surface area contributed by atoms with E-state index in [4.69, 9.17) is 9.52 Å². The van der Waals surface area contributed by atoms with Gasteiger partial charge in [0.15, 0.2) is 0 Å². The van der Waals surface area contributed by atoms with Gasteiger partial charge in [0.25, 0.3) is 0 Å². The summed E-state index contributed by atoms with van der Waals surface area (Å²) in [5.41, 5.74) is 0.431. The maximum absolute atomic E-state index is 12.1. The number of aliphatic hydroxyl groups excluding tert-OH is 1. The highest BCUT2D eigenvalue weighted by atomic mass is 32.2. The van der Waals surface area contributed by atoms with E-state index < -0.39 is 16.1 Å². The molecule has 1 unspecified atom stereocenters. The topological polar surface area (TPSA) is 108 Å². The van der Waals surface area contributed by atoms with Gasteiger partial charge in [-0.2, -0.15) is 4.72 Å². The van der Waals surface area contributed by atoms with Gasteiger partial charge in [-0.05, 0) is 19.9 Å². The van der Waals surface area contributed by atoms with Gasteiger partial charge in [0.1, 0.15) is 5.76 Å². The van der Waals surface area contributed by atoms with E-state index in [-0.39, 0.29) is 11.5 Å². The van der Waals surface area contributed by atoms with Crippen molar-refractivity contribution in [1.29, 1.82) is 0 Å². The largest absolute Gasteiger partial charge is 0.444 e. The van der Waals surface area contributed by atoms with Gasteiger partial charge >= 0.3 is 0 Å². The molecule has 2 heterocycles. The van der Waals surface area contributed by atoms with E-state index in [1.54, 1.807) is 13.8 Å². The molecular weight excluding hydrogens is 270 g/mol. The lowest BCUT2D eigenvalue weighted by Crippen LogP contribution is -2.26. The molecular formula is C11H15N3O4S. The minimum absolute atomic E-state index is 0.0617. The maximum Gasteiger partial charge on any atom is 0.242 e. The number of sulfonamides is 1. The number of aryl methyl sites for hydroxylation is 1. The third kappa shape index (κ3) is 3.03. The zero-order valence-corrected chi connectivity index (χ0v) is 11.4. The van der Waals surface area contributed by atoms with Gasteiger partial charge in [-0.25, -0.2) is 13.4 Å². The number of oxazole rings is 1. The fraction of sp³-hybridized carbons (Fsp3) is 0.364. The van der Waals surface area contributed by atoms with E-state index in [2.05, 4.69) is 14.7 Å². The van der Waals surface area contributed by atoms with E-state index in [9.17, 15) is 8.42 Å². The summed E-state index contributed by atoms with van der Waals surface area (Å²) >= 11 is 0. The van der Waals surface area contributed by atoms with Crippen molar-refractivity contribution in [2.24, 2.45) is 0 Å². The number of hydrogen-bond donors (Lipinski definition) is 3. The molecule has 104 valence electrons. The molecule has 0 spiro atoms. The molecule has 0 amide bonds. The molecule has 0 aliphatic carbocycles. The number of nitrogens with one attached hydrogen (secondary N) is 2. The summed E-state index contributed by atoms with van der Waals surface area (Å²) in [7, 11) is -3.68. The van der Waals surface area contributed by atoms with E-state index in [1.807, 2.05) is 0 Å². The van der Waals surface area contributed by atoms with Crippen LogP contribution in [0.2, 0.25) is 0 Å². The second-order valence-corrected chi connectivity index (χ2v) is 5.88. The predicted octanol–water partition coefficient (Wildman–Crippen LogP) is 0.843. The van der Waals surface area contributed by atoms with Crippen LogP contribution in [0.5, 0.6) is 0 Å². The Kier molecular flexibility index (Phi) is 3.74. The first kappa shape index (κ1) is 13.8. The van der Waals surface area contributed by atoms with E-state index >= 15 is 0 Å². The van der Waals surface area contributed by atoms with Crippen molar-refractivity contribution >= 4 is 10.0 Å². The van der Waals surface area contributed by atoms with Gasteiger partial charge in [0, 0.05) is 11.9 Å². The Morgan fingerprint density at radius 3 is 2.84 bits per heavy atom. The van der Waals surface area contributed by atoms with Crippen molar-refractivity contribution in [2.45, 2.75) is 31.4 Å². The standard InChI is InChI=1S/C11H15N3O4S/c1-7-4-13-11(18-7)8(2)14-19(16,17)10-3-9(6-15)12-5-10/h3-5,8,12,14-15H,6H2,1-2H3. The molecule has 0 aliphatic rings. The number of aliphatic hydroxyl groups is 1. The molecule has 1 atom stereocenters. The van der Waals surface area contributed by atoms with E-state index in [1.165, 1.54) is 18.5 Å². The predicted molar refractivity (Wildman–Crippen MR) is 66.7 cm³/mol. The zero-order valence-electron chi connectivity index (χ0n) is 10.5. The molecule has 0 saturated heterocycles. The lowest BCUT2D eigenvalue weighted by Gasteiger charge is -2.09. The van der Waals surface area contributed by atoms with Crippen molar-refractivity contribution in [1.82, 2.24) is 14.7 Å². The number of hydrogen-bond acceptors (Lipinski definition) is 5. The van der Waals surface area contributed by atoms with Crippen LogP contribution in [-0.4, -0.2) is 23.5 Å². The molecule has 0 aromatic carbocycles. The van der Waals surface area contributed by atoms with Crippen LogP contribution in [0.4, 0.5) is 0 Å². The Labute approximate surface area is 110 Å². The highest BCUT2D eigenvalue weighted by Gasteiger charge is 2.22. The Bertz CT molecular complexity index is 659. The lowest BCUT2D eigenvalue weighted by atomic mass is 10.4. The fourth-order valence-corrected chi connectivity index (χ4v) is 2.80. The number of aromatic amines is 1. The van der Waals surface area contributed by atoms with Crippen molar-refractivity contribution in [2.75, 3.05) is 0 Å². The summed E-state index contributed by atoms with van der Waals surface area (Å²) in [4.78, 5) is 6.71. The van der Waals surface area contributed by atoms with Crippen LogP contribution >= 0.6 is 0 Å². The van der Waals surface area contributed by atoms with Crippen molar-refractivity contribution in [3.05, 3.63) is 35.8 Å². The molecule has 0 aliphatic heterocycles. The second kappa shape index (κ2) is 5.16.